The Morgan fingerprint density at radius 2 is 2.11 bits per heavy atom. The lowest BCUT2D eigenvalue weighted by molar-refractivity contribution is 0.582. The minimum Gasteiger partial charge on any atom is -0.375 e. The van der Waals surface area contributed by atoms with Gasteiger partial charge in [0.25, 0.3) is 10.0 Å². The third-order valence-electron chi connectivity index (χ3n) is 2.58. The summed E-state index contributed by atoms with van der Waals surface area (Å²) in [5.74, 6) is 0. The van der Waals surface area contributed by atoms with Crippen molar-refractivity contribution in [1.29, 1.82) is 0 Å². The highest BCUT2D eigenvalue weighted by molar-refractivity contribution is 7.91. The van der Waals surface area contributed by atoms with Crippen molar-refractivity contribution >= 4 is 26.5 Å². The maximum Gasteiger partial charge on any atom is 0.252 e. The predicted octanol–water partition coefficient (Wildman–Crippen LogP) is 0.554. The summed E-state index contributed by atoms with van der Waals surface area (Å²) in [6.45, 7) is 3.65. The Kier molecular flexibility index (Phi) is 3.61. The molecular weight excluding hydrogens is 286 g/mol. The highest BCUT2D eigenvalue weighted by atomic mass is 32.2. The van der Waals surface area contributed by atoms with Crippen LogP contribution in [-0.2, 0) is 23.6 Å². The zero-order chi connectivity index (χ0) is 14.2. The molecule has 0 aliphatic rings. The molecule has 3 N–H and O–H groups in total. The lowest BCUT2D eigenvalue weighted by Crippen LogP contribution is -2.23. The van der Waals surface area contributed by atoms with Crippen LogP contribution in [0.1, 0.15) is 17.0 Å². The number of nitrogen functional groups attached to an aromatic ring is 1. The Labute approximate surface area is 115 Å². The Balaban J connectivity index is 2.19. The van der Waals surface area contributed by atoms with Gasteiger partial charge in [-0.25, -0.2) is 18.1 Å². The van der Waals surface area contributed by atoms with E-state index in [9.17, 15) is 8.42 Å². The van der Waals surface area contributed by atoms with Crippen molar-refractivity contribution in [2.24, 2.45) is 7.05 Å². The number of nitrogens with two attached hydrogens (primary N) is 1. The van der Waals surface area contributed by atoms with Gasteiger partial charge in [-0.3, -0.25) is 4.68 Å². The van der Waals surface area contributed by atoms with Crippen LogP contribution in [-0.4, -0.2) is 23.2 Å². The van der Waals surface area contributed by atoms with Gasteiger partial charge in [0.15, 0.2) is 9.34 Å². The van der Waals surface area contributed by atoms with E-state index >= 15 is 0 Å². The fourth-order valence-corrected chi connectivity index (χ4v) is 4.06. The number of hydrogen-bond acceptors (Lipinski definition) is 6. The highest BCUT2D eigenvalue weighted by Crippen LogP contribution is 2.24. The molecule has 0 aromatic carbocycles. The number of sulfonamides is 1. The van der Waals surface area contributed by atoms with E-state index in [-0.39, 0.29) is 15.9 Å². The van der Waals surface area contributed by atoms with Crippen LogP contribution in [0, 0.1) is 13.8 Å². The van der Waals surface area contributed by atoms with E-state index in [1.807, 2.05) is 6.92 Å². The fraction of sp³-hybridized carbons (Fsp3) is 0.400. The Morgan fingerprint density at radius 3 is 2.58 bits per heavy atom. The van der Waals surface area contributed by atoms with Crippen LogP contribution in [0.3, 0.4) is 0 Å². The average Bonchev–Trinajstić information content (AvgIpc) is 2.79. The van der Waals surface area contributed by atoms with Gasteiger partial charge in [0, 0.05) is 25.4 Å². The minimum atomic E-state index is -3.59. The van der Waals surface area contributed by atoms with Gasteiger partial charge in [0.2, 0.25) is 0 Å². The summed E-state index contributed by atoms with van der Waals surface area (Å²) in [6, 6.07) is 0. The van der Waals surface area contributed by atoms with Crippen LogP contribution in [0.5, 0.6) is 0 Å². The van der Waals surface area contributed by atoms with Gasteiger partial charge in [-0.1, -0.05) is 11.3 Å². The molecule has 0 saturated heterocycles. The zero-order valence-electron chi connectivity index (χ0n) is 10.8. The molecule has 0 spiro atoms. The monoisotopic (exact) mass is 301 g/mol. The summed E-state index contributed by atoms with van der Waals surface area (Å²) in [4.78, 5) is 3.91. The standard InChI is InChI=1S/C10H15N5O2S2/c1-6-8(5-15(3)14-6)4-12-19(16,17)9-7(2)13-10(11)18-9/h5,12H,4H2,1-3H3,(H2,11,13). The molecule has 7 nitrogen and oxygen atoms in total. The molecule has 9 heteroatoms. The first-order valence-electron chi connectivity index (χ1n) is 5.51. The molecule has 19 heavy (non-hydrogen) atoms. The molecule has 104 valence electrons. The van der Waals surface area contributed by atoms with E-state index in [4.69, 9.17) is 5.73 Å². The lowest BCUT2D eigenvalue weighted by Gasteiger charge is -2.04. The van der Waals surface area contributed by atoms with Crippen molar-refractivity contribution in [1.82, 2.24) is 19.5 Å². The Morgan fingerprint density at radius 1 is 1.42 bits per heavy atom. The van der Waals surface area contributed by atoms with E-state index in [0.717, 1.165) is 22.6 Å². The molecule has 0 unspecified atom stereocenters. The molecule has 0 saturated carbocycles. The predicted molar refractivity (Wildman–Crippen MR) is 73.2 cm³/mol. The maximum atomic E-state index is 12.1. The van der Waals surface area contributed by atoms with Crippen molar-refractivity contribution in [2.45, 2.75) is 24.6 Å². The van der Waals surface area contributed by atoms with Crippen molar-refractivity contribution in [2.75, 3.05) is 5.73 Å². The molecule has 0 atom stereocenters. The number of nitrogens with one attached hydrogen (secondary N) is 1. The number of hydrogen-bond donors (Lipinski definition) is 2. The molecule has 0 amide bonds. The van der Waals surface area contributed by atoms with Gasteiger partial charge in [-0.2, -0.15) is 5.10 Å². The second-order valence-electron chi connectivity index (χ2n) is 4.16. The lowest BCUT2D eigenvalue weighted by atomic mass is 10.3. The molecule has 0 radical (unpaired) electrons. The first kappa shape index (κ1) is 14.0. The zero-order valence-corrected chi connectivity index (χ0v) is 12.5. The quantitative estimate of drug-likeness (QED) is 0.858. The van der Waals surface area contributed by atoms with Gasteiger partial charge in [0.1, 0.15) is 0 Å². The highest BCUT2D eigenvalue weighted by Gasteiger charge is 2.21. The third-order valence-corrected chi connectivity index (χ3v) is 5.58. The second kappa shape index (κ2) is 4.91. The summed E-state index contributed by atoms with van der Waals surface area (Å²) in [5.41, 5.74) is 7.56. The molecule has 2 aromatic heterocycles. The molecule has 2 heterocycles. The number of aromatic nitrogens is 3. The SMILES string of the molecule is Cc1nn(C)cc1CNS(=O)(=O)c1sc(N)nc1C. The molecular formula is C10H15N5O2S2. The number of aryl methyl sites for hydroxylation is 3. The van der Waals surface area contributed by atoms with Gasteiger partial charge in [-0.15, -0.1) is 0 Å². The third kappa shape index (κ3) is 2.94. The van der Waals surface area contributed by atoms with E-state index in [0.29, 0.717) is 5.69 Å². The first-order chi connectivity index (χ1) is 8.79. The Hall–Kier alpha value is -1.45. The normalized spacial score (nSPS) is 11.9. The van der Waals surface area contributed by atoms with Crippen LogP contribution in [0.25, 0.3) is 0 Å². The van der Waals surface area contributed by atoms with E-state index in [1.165, 1.54) is 0 Å². The second-order valence-corrected chi connectivity index (χ2v) is 7.16. The Bertz CT molecular complexity index is 702. The van der Waals surface area contributed by atoms with Crippen LogP contribution in [0.2, 0.25) is 0 Å². The maximum absolute atomic E-state index is 12.1. The first-order valence-corrected chi connectivity index (χ1v) is 7.81. The molecule has 0 fully saturated rings. The molecule has 0 aliphatic heterocycles. The number of anilines is 1. The summed E-state index contributed by atoms with van der Waals surface area (Å²) in [6.07, 6.45) is 1.78. The minimum absolute atomic E-state index is 0.159. The van der Waals surface area contributed by atoms with Gasteiger partial charge >= 0.3 is 0 Å². The van der Waals surface area contributed by atoms with Gasteiger partial charge in [-0.05, 0) is 13.8 Å². The number of rotatable bonds is 4. The van der Waals surface area contributed by atoms with Crippen molar-refractivity contribution in [3.63, 3.8) is 0 Å². The number of nitrogens with zero attached hydrogens (tertiary/aromatic N) is 3. The molecule has 2 rings (SSSR count). The molecule has 2 aromatic rings. The van der Waals surface area contributed by atoms with Crippen LogP contribution < -0.4 is 10.5 Å². The van der Waals surface area contributed by atoms with Gasteiger partial charge in [0.05, 0.1) is 11.4 Å². The summed E-state index contributed by atoms with van der Waals surface area (Å²) < 4.78 is 28.6. The van der Waals surface area contributed by atoms with E-state index in [1.54, 1.807) is 24.9 Å². The summed E-state index contributed by atoms with van der Waals surface area (Å²) >= 11 is 0.961. The fourth-order valence-electron chi connectivity index (χ4n) is 1.71. The van der Waals surface area contributed by atoms with Crippen LogP contribution >= 0.6 is 11.3 Å². The smallest absolute Gasteiger partial charge is 0.252 e. The topological polar surface area (TPSA) is 103 Å². The molecule has 0 bridgehead atoms. The average molecular weight is 301 g/mol. The van der Waals surface area contributed by atoms with Crippen molar-refractivity contribution in [3.05, 3.63) is 23.1 Å². The summed E-state index contributed by atoms with van der Waals surface area (Å²) in [7, 11) is -1.80. The van der Waals surface area contributed by atoms with E-state index in [2.05, 4.69) is 14.8 Å². The van der Waals surface area contributed by atoms with Crippen molar-refractivity contribution in [3.8, 4) is 0 Å². The largest absolute Gasteiger partial charge is 0.375 e. The summed E-state index contributed by atoms with van der Waals surface area (Å²) in [5, 5.41) is 4.40. The van der Waals surface area contributed by atoms with Crippen molar-refractivity contribution < 1.29 is 8.42 Å². The molecule has 0 aliphatic carbocycles. The van der Waals surface area contributed by atoms with Gasteiger partial charge < -0.3 is 5.73 Å². The number of thiazole rings is 1. The van der Waals surface area contributed by atoms with Crippen LogP contribution in [0.15, 0.2) is 10.4 Å². The van der Waals surface area contributed by atoms with Crippen LogP contribution in [0.4, 0.5) is 5.13 Å². The van der Waals surface area contributed by atoms with E-state index < -0.39 is 10.0 Å².